The Kier molecular flexibility index (Phi) is 6.22. The van der Waals surface area contributed by atoms with Gasteiger partial charge in [0.15, 0.2) is 11.5 Å². The van der Waals surface area contributed by atoms with Crippen molar-refractivity contribution in [1.82, 2.24) is 16.2 Å². The van der Waals surface area contributed by atoms with Gasteiger partial charge in [0.2, 0.25) is 0 Å². The van der Waals surface area contributed by atoms with Crippen LogP contribution in [0.3, 0.4) is 0 Å². The van der Waals surface area contributed by atoms with Gasteiger partial charge in [0, 0.05) is 12.1 Å². The van der Waals surface area contributed by atoms with Crippen LogP contribution in [0.1, 0.15) is 21.5 Å². The van der Waals surface area contributed by atoms with Crippen molar-refractivity contribution in [2.75, 3.05) is 14.2 Å². The first-order valence-corrected chi connectivity index (χ1v) is 7.65. The summed E-state index contributed by atoms with van der Waals surface area (Å²) in [5.41, 5.74) is 7.06. The molecule has 2 rings (SSSR count). The number of ether oxygens (including phenoxy) is 2. The van der Waals surface area contributed by atoms with Gasteiger partial charge in [0.25, 0.3) is 5.91 Å². The highest BCUT2D eigenvalue weighted by molar-refractivity contribution is 5.95. The third kappa shape index (κ3) is 5.13. The van der Waals surface area contributed by atoms with E-state index in [2.05, 4.69) is 16.2 Å². The summed E-state index contributed by atoms with van der Waals surface area (Å²) in [6.07, 6.45) is 0. The Morgan fingerprint density at radius 3 is 2.40 bits per heavy atom. The molecule has 3 N–H and O–H groups in total. The quantitative estimate of drug-likeness (QED) is 0.726. The topological polar surface area (TPSA) is 88.7 Å². The van der Waals surface area contributed by atoms with E-state index in [1.165, 1.54) is 20.3 Å². The molecule has 0 saturated carbocycles. The van der Waals surface area contributed by atoms with Gasteiger partial charge in [-0.05, 0) is 30.7 Å². The van der Waals surface area contributed by atoms with Crippen LogP contribution in [0.25, 0.3) is 0 Å². The number of rotatable bonds is 5. The zero-order valence-electron chi connectivity index (χ0n) is 14.4. The van der Waals surface area contributed by atoms with E-state index in [1.54, 1.807) is 12.1 Å². The summed E-state index contributed by atoms with van der Waals surface area (Å²) < 4.78 is 10.3. The minimum absolute atomic E-state index is 0.330. The molecule has 0 bridgehead atoms. The van der Waals surface area contributed by atoms with Crippen molar-refractivity contribution >= 4 is 11.9 Å². The number of methoxy groups -OCH3 is 2. The van der Waals surface area contributed by atoms with E-state index in [-0.39, 0.29) is 0 Å². The monoisotopic (exact) mass is 343 g/mol. The minimum Gasteiger partial charge on any atom is -0.493 e. The van der Waals surface area contributed by atoms with Gasteiger partial charge in [-0.1, -0.05) is 29.8 Å². The molecule has 0 heterocycles. The molecule has 2 aromatic rings. The lowest BCUT2D eigenvalue weighted by atomic mass is 10.1. The van der Waals surface area contributed by atoms with Crippen molar-refractivity contribution in [2.45, 2.75) is 13.5 Å². The molecule has 132 valence electrons. The largest absolute Gasteiger partial charge is 0.493 e. The van der Waals surface area contributed by atoms with E-state index in [0.29, 0.717) is 23.6 Å². The van der Waals surface area contributed by atoms with Crippen molar-refractivity contribution < 1.29 is 19.1 Å². The molecule has 0 unspecified atom stereocenters. The van der Waals surface area contributed by atoms with Gasteiger partial charge in [-0.3, -0.25) is 10.2 Å². The molecule has 0 fully saturated rings. The molecule has 2 aromatic carbocycles. The van der Waals surface area contributed by atoms with Crippen molar-refractivity contribution in [2.24, 2.45) is 0 Å². The van der Waals surface area contributed by atoms with E-state index in [0.717, 1.165) is 11.1 Å². The van der Waals surface area contributed by atoms with Crippen LogP contribution in [0.5, 0.6) is 11.5 Å². The molecular formula is C18H21N3O4. The highest BCUT2D eigenvalue weighted by Crippen LogP contribution is 2.27. The molecule has 0 aliphatic rings. The maximum Gasteiger partial charge on any atom is 0.333 e. The maximum atomic E-state index is 12.1. The lowest BCUT2D eigenvalue weighted by Gasteiger charge is -2.11. The van der Waals surface area contributed by atoms with E-state index in [1.807, 2.05) is 31.2 Å². The number of urea groups is 1. The third-order valence-corrected chi connectivity index (χ3v) is 3.47. The van der Waals surface area contributed by atoms with Crippen LogP contribution in [0.4, 0.5) is 4.79 Å². The number of amides is 3. The summed E-state index contributed by atoms with van der Waals surface area (Å²) >= 11 is 0. The van der Waals surface area contributed by atoms with Gasteiger partial charge in [-0.2, -0.15) is 0 Å². The van der Waals surface area contributed by atoms with E-state index in [9.17, 15) is 9.59 Å². The van der Waals surface area contributed by atoms with Gasteiger partial charge in [0.1, 0.15) is 0 Å². The van der Waals surface area contributed by atoms with Crippen LogP contribution in [0.15, 0.2) is 42.5 Å². The smallest absolute Gasteiger partial charge is 0.333 e. The lowest BCUT2D eigenvalue weighted by Crippen LogP contribution is -2.46. The van der Waals surface area contributed by atoms with Gasteiger partial charge in [-0.25, -0.2) is 10.2 Å². The van der Waals surface area contributed by atoms with Gasteiger partial charge in [-0.15, -0.1) is 0 Å². The SMILES string of the molecule is COc1ccc(C(=O)NNC(=O)NCc2cccc(C)c2)cc1OC. The normalized spacial score (nSPS) is 9.88. The summed E-state index contributed by atoms with van der Waals surface area (Å²) in [7, 11) is 2.99. The fourth-order valence-electron chi connectivity index (χ4n) is 2.21. The van der Waals surface area contributed by atoms with Crippen LogP contribution < -0.4 is 25.6 Å². The van der Waals surface area contributed by atoms with Gasteiger partial charge >= 0.3 is 6.03 Å². The molecule has 25 heavy (non-hydrogen) atoms. The van der Waals surface area contributed by atoms with Crippen molar-refractivity contribution in [1.29, 1.82) is 0 Å². The second-order valence-corrected chi connectivity index (χ2v) is 5.32. The number of carbonyl (C=O) groups is 2. The van der Waals surface area contributed by atoms with Crippen LogP contribution in [0, 0.1) is 6.92 Å². The number of nitrogens with one attached hydrogen (secondary N) is 3. The molecule has 3 amide bonds. The van der Waals surface area contributed by atoms with Gasteiger partial charge < -0.3 is 14.8 Å². The van der Waals surface area contributed by atoms with Crippen molar-refractivity contribution in [3.8, 4) is 11.5 Å². The molecule has 0 aliphatic carbocycles. The first-order chi connectivity index (χ1) is 12.0. The predicted octanol–water partition coefficient (Wildman–Crippen LogP) is 2.16. The third-order valence-electron chi connectivity index (χ3n) is 3.47. The number of hydrogen-bond acceptors (Lipinski definition) is 4. The van der Waals surface area contributed by atoms with Crippen LogP contribution in [-0.2, 0) is 6.54 Å². The zero-order valence-corrected chi connectivity index (χ0v) is 14.4. The molecule has 0 atom stereocenters. The Hall–Kier alpha value is -3.22. The second-order valence-electron chi connectivity index (χ2n) is 5.32. The first-order valence-electron chi connectivity index (χ1n) is 7.65. The molecule has 7 nitrogen and oxygen atoms in total. The molecular weight excluding hydrogens is 322 g/mol. The zero-order chi connectivity index (χ0) is 18.2. The highest BCUT2D eigenvalue weighted by Gasteiger charge is 2.11. The van der Waals surface area contributed by atoms with E-state index >= 15 is 0 Å². The van der Waals surface area contributed by atoms with Crippen molar-refractivity contribution in [3.05, 3.63) is 59.2 Å². The van der Waals surface area contributed by atoms with Crippen LogP contribution >= 0.6 is 0 Å². The van der Waals surface area contributed by atoms with E-state index in [4.69, 9.17) is 9.47 Å². The first kappa shape index (κ1) is 18.1. The predicted molar refractivity (Wildman–Crippen MR) is 93.6 cm³/mol. The molecule has 0 aromatic heterocycles. The average Bonchev–Trinajstić information content (AvgIpc) is 2.63. The maximum absolute atomic E-state index is 12.1. The lowest BCUT2D eigenvalue weighted by molar-refractivity contribution is 0.0936. The van der Waals surface area contributed by atoms with Crippen LogP contribution in [-0.4, -0.2) is 26.2 Å². The fraction of sp³-hybridized carbons (Fsp3) is 0.222. The van der Waals surface area contributed by atoms with E-state index < -0.39 is 11.9 Å². The summed E-state index contributed by atoms with van der Waals surface area (Å²) in [6.45, 7) is 2.34. The highest BCUT2D eigenvalue weighted by atomic mass is 16.5. The summed E-state index contributed by atoms with van der Waals surface area (Å²) in [5.74, 6) is 0.480. The standard InChI is InChI=1S/C18H21N3O4/c1-12-5-4-6-13(9-12)11-19-18(23)21-20-17(22)14-7-8-15(24-2)16(10-14)25-3/h4-10H,11H2,1-3H3,(H,20,22)(H2,19,21,23). The summed E-state index contributed by atoms with van der Waals surface area (Å²) in [4.78, 5) is 23.9. The second kappa shape index (κ2) is 8.58. The summed E-state index contributed by atoms with van der Waals surface area (Å²) in [5, 5.41) is 2.66. The molecule has 0 saturated heterocycles. The number of benzene rings is 2. The Bertz CT molecular complexity index is 762. The Morgan fingerprint density at radius 1 is 0.960 bits per heavy atom. The Labute approximate surface area is 146 Å². The number of hydrogen-bond donors (Lipinski definition) is 3. The number of carbonyl (C=O) groups excluding carboxylic acids is 2. The number of hydrazine groups is 1. The fourth-order valence-corrected chi connectivity index (χ4v) is 2.21. The minimum atomic E-state index is -0.504. The number of aryl methyl sites for hydroxylation is 1. The average molecular weight is 343 g/mol. The van der Waals surface area contributed by atoms with Crippen molar-refractivity contribution in [3.63, 3.8) is 0 Å². The van der Waals surface area contributed by atoms with Gasteiger partial charge in [0.05, 0.1) is 14.2 Å². The molecule has 0 aliphatic heterocycles. The molecule has 0 radical (unpaired) electrons. The Balaban J connectivity index is 1.85. The molecule has 0 spiro atoms. The molecule has 7 heteroatoms. The summed E-state index contributed by atoms with van der Waals surface area (Å²) in [6, 6.07) is 12.0. The van der Waals surface area contributed by atoms with Crippen LogP contribution in [0.2, 0.25) is 0 Å². The Morgan fingerprint density at radius 2 is 1.72 bits per heavy atom.